The highest BCUT2D eigenvalue weighted by molar-refractivity contribution is 6.34. The van der Waals surface area contributed by atoms with Gasteiger partial charge in [-0.3, -0.25) is 4.79 Å². The lowest BCUT2D eigenvalue weighted by molar-refractivity contribution is 0.0697. The topological polar surface area (TPSA) is 95.1 Å². The van der Waals surface area contributed by atoms with Crippen molar-refractivity contribution < 1.29 is 14.7 Å². The molecule has 1 amide bonds. The lowest BCUT2D eigenvalue weighted by Gasteiger charge is -2.20. The van der Waals surface area contributed by atoms with Gasteiger partial charge in [0.05, 0.1) is 22.6 Å². The third-order valence-corrected chi connectivity index (χ3v) is 7.62. The zero-order valence-corrected chi connectivity index (χ0v) is 22.1. The number of hydrogen-bond donors (Lipinski definition) is 3. The number of rotatable bonds is 7. The second-order valence-electron chi connectivity index (χ2n) is 9.67. The summed E-state index contributed by atoms with van der Waals surface area (Å²) in [7, 11) is 0. The van der Waals surface area contributed by atoms with Gasteiger partial charge < -0.3 is 15.4 Å². The summed E-state index contributed by atoms with van der Waals surface area (Å²) >= 11 is 12.7. The molecule has 0 spiro atoms. The number of halogens is 2. The summed E-state index contributed by atoms with van der Waals surface area (Å²) in [4.78, 5) is 33.8. The van der Waals surface area contributed by atoms with E-state index in [1.54, 1.807) is 36.4 Å². The van der Waals surface area contributed by atoms with Crippen molar-refractivity contribution in [1.29, 1.82) is 0 Å². The molecule has 1 heterocycles. The van der Waals surface area contributed by atoms with Gasteiger partial charge in [0.15, 0.2) is 0 Å². The van der Waals surface area contributed by atoms with Gasteiger partial charge in [-0.15, -0.1) is 0 Å². The first-order chi connectivity index (χ1) is 18.9. The van der Waals surface area contributed by atoms with Gasteiger partial charge in [-0.2, -0.15) is 0 Å². The number of para-hydroxylation sites is 2. The number of nitrogens with one attached hydrogen (secondary N) is 2. The van der Waals surface area contributed by atoms with Gasteiger partial charge in [-0.1, -0.05) is 65.7 Å². The maximum absolute atomic E-state index is 13.3. The molecule has 194 valence electrons. The first-order valence-electron chi connectivity index (χ1n) is 12.6. The number of nitrogens with zero attached hydrogens (tertiary/aromatic N) is 1. The van der Waals surface area contributed by atoms with Crippen molar-refractivity contribution in [2.24, 2.45) is 5.92 Å². The van der Waals surface area contributed by atoms with E-state index in [4.69, 9.17) is 23.2 Å². The van der Waals surface area contributed by atoms with E-state index in [1.165, 1.54) is 6.07 Å². The summed E-state index contributed by atoms with van der Waals surface area (Å²) in [5, 5.41) is 14.3. The van der Waals surface area contributed by atoms with Crippen molar-refractivity contribution in [2.45, 2.75) is 18.9 Å². The Balaban J connectivity index is 1.38. The van der Waals surface area contributed by atoms with Crippen LogP contribution in [0, 0.1) is 5.92 Å². The van der Waals surface area contributed by atoms with Crippen molar-refractivity contribution in [3.8, 4) is 22.5 Å². The van der Waals surface area contributed by atoms with Crippen LogP contribution in [-0.4, -0.2) is 27.0 Å². The van der Waals surface area contributed by atoms with Gasteiger partial charge in [0.2, 0.25) is 0 Å². The van der Waals surface area contributed by atoms with E-state index in [-0.39, 0.29) is 23.1 Å². The molecule has 0 aliphatic heterocycles. The molecule has 4 aromatic carbocycles. The maximum atomic E-state index is 13.3. The minimum atomic E-state index is -1.16. The van der Waals surface area contributed by atoms with Gasteiger partial charge >= 0.3 is 5.97 Å². The predicted octanol–water partition coefficient (Wildman–Crippen LogP) is 7.78. The Kier molecular flexibility index (Phi) is 6.59. The monoisotopic (exact) mass is 555 g/mol. The Labute approximate surface area is 234 Å². The predicted molar refractivity (Wildman–Crippen MR) is 153 cm³/mol. The summed E-state index contributed by atoms with van der Waals surface area (Å²) < 4.78 is 0. The van der Waals surface area contributed by atoms with Crippen LogP contribution in [-0.2, 0) is 0 Å². The van der Waals surface area contributed by atoms with Crippen LogP contribution in [0.15, 0.2) is 84.9 Å². The smallest absolute Gasteiger partial charge is 0.336 e. The van der Waals surface area contributed by atoms with E-state index in [1.807, 2.05) is 42.5 Å². The molecule has 3 N–H and O–H groups in total. The summed E-state index contributed by atoms with van der Waals surface area (Å²) in [6, 6.07) is 24.9. The molecule has 5 aromatic rings. The number of carbonyl (C=O) groups excluding carboxylic acids is 1. The van der Waals surface area contributed by atoms with E-state index in [2.05, 4.69) is 15.3 Å². The van der Waals surface area contributed by atoms with Gasteiger partial charge in [0.25, 0.3) is 5.91 Å². The normalized spacial score (nSPS) is 13.8. The van der Waals surface area contributed by atoms with Crippen molar-refractivity contribution in [2.75, 3.05) is 0 Å². The van der Waals surface area contributed by atoms with Crippen molar-refractivity contribution in [1.82, 2.24) is 15.3 Å². The van der Waals surface area contributed by atoms with E-state index in [0.29, 0.717) is 38.5 Å². The Morgan fingerprint density at radius 1 is 0.923 bits per heavy atom. The first kappa shape index (κ1) is 25.2. The molecular weight excluding hydrogens is 533 g/mol. The average molecular weight is 556 g/mol. The second kappa shape index (κ2) is 10.2. The molecule has 1 atom stereocenters. The standard InChI is InChI=1S/C31H23Cl2N3O3/c32-20-13-10-18(11-14-20)28(17-8-9-17)36-30(37)19-12-15-21(23(16-19)31(38)39)27-22(4-3-5-24(27)33)29-34-25-6-1-2-7-26(25)35-29/h1-7,10-17,28H,8-9H2,(H,34,35)(H,36,37)(H,38,39)/t28-/m0/s1. The third kappa shape index (κ3) is 5.01. The number of benzene rings is 4. The van der Waals surface area contributed by atoms with Crippen molar-refractivity contribution in [3.63, 3.8) is 0 Å². The van der Waals surface area contributed by atoms with Gasteiger partial charge in [0.1, 0.15) is 5.82 Å². The number of carbonyl (C=O) groups is 2. The number of amides is 1. The largest absolute Gasteiger partial charge is 0.478 e. The minimum absolute atomic E-state index is 0.0254. The first-order valence-corrected chi connectivity index (χ1v) is 13.3. The van der Waals surface area contributed by atoms with Crippen LogP contribution in [0.1, 0.15) is 45.2 Å². The van der Waals surface area contributed by atoms with Crippen molar-refractivity contribution >= 4 is 46.1 Å². The van der Waals surface area contributed by atoms with E-state index in [9.17, 15) is 14.7 Å². The lowest BCUT2D eigenvalue weighted by atomic mass is 9.93. The second-order valence-corrected chi connectivity index (χ2v) is 10.5. The highest BCUT2D eigenvalue weighted by atomic mass is 35.5. The molecule has 0 unspecified atom stereocenters. The summed E-state index contributed by atoms with van der Waals surface area (Å²) in [5.41, 5.74) is 4.43. The summed E-state index contributed by atoms with van der Waals surface area (Å²) in [5.74, 6) is -0.593. The summed E-state index contributed by atoms with van der Waals surface area (Å²) in [6.45, 7) is 0. The lowest BCUT2D eigenvalue weighted by Crippen LogP contribution is -2.30. The zero-order chi connectivity index (χ0) is 27.1. The van der Waals surface area contributed by atoms with Gasteiger partial charge in [0, 0.05) is 26.7 Å². The van der Waals surface area contributed by atoms with Crippen LogP contribution in [0.4, 0.5) is 0 Å². The third-order valence-electron chi connectivity index (χ3n) is 7.05. The molecule has 0 saturated heterocycles. The van der Waals surface area contributed by atoms with Crippen LogP contribution in [0.5, 0.6) is 0 Å². The molecule has 39 heavy (non-hydrogen) atoms. The van der Waals surface area contributed by atoms with E-state index in [0.717, 1.165) is 29.4 Å². The number of aromatic nitrogens is 2. The van der Waals surface area contributed by atoms with E-state index < -0.39 is 5.97 Å². The molecule has 6 rings (SSSR count). The number of aromatic amines is 1. The Morgan fingerprint density at radius 2 is 1.69 bits per heavy atom. The van der Waals surface area contributed by atoms with E-state index >= 15 is 0 Å². The molecule has 1 saturated carbocycles. The van der Waals surface area contributed by atoms with Crippen LogP contribution in [0.2, 0.25) is 10.0 Å². The zero-order valence-electron chi connectivity index (χ0n) is 20.6. The minimum Gasteiger partial charge on any atom is -0.478 e. The fourth-order valence-corrected chi connectivity index (χ4v) is 5.36. The van der Waals surface area contributed by atoms with Crippen LogP contribution in [0.3, 0.4) is 0 Å². The fourth-order valence-electron chi connectivity index (χ4n) is 4.95. The molecular formula is C31H23Cl2N3O3. The van der Waals surface area contributed by atoms with Gasteiger partial charge in [-0.05, 0) is 72.4 Å². The molecule has 8 heteroatoms. The van der Waals surface area contributed by atoms with Gasteiger partial charge in [-0.25, -0.2) is 9.78 Å². The number of carboxylic acids is 1. The number of fused-ring (bicyclic) bond motifs is 1. The highest BCUT2D eigenvalue weighted by Gasteiger charge is 2.34. The molecule has 6 nitrogen and oxygen atoms in total. The molecule has 1 aliphatic rings. The Bertz CT molecular complexity index is 1690. The van der Waals surface area contributed by atoms with Crippen LogP contribution in [0.25, 0.3) is 33.5 Å². The quantitative estimate of drug-likeness (QED) is 0.191. The number of aromatic carboxylic acids is 1. The molecule has 0 radical (unpaired) electrons. The number of H-pyrrole nitrogens is 1. The van der Waals surface area contributed by atoms with Crippen molar-refractivity contribution in [3.05, 3.63) is 112 Å². The molecule has 1 aliphatic carbocycles. The summed E-state index contributed by atoms with van der Waals surface area (Å²) in [6.07, 6.45) is 2.04. The van der Waals surface area contributed by atoms with Crippen LogP contribution >= 0.6 is 23.2 Å². The Morgan fingerprint density at radius 3 is 2.41 bits per heavy atom. The average Bonchev–Trinajstić information content (AvgIpc) is 3.69. The SMILES string of the molecule is O=C(N[C@H](c1ccc(Cl)cc1)C1CC1)c1ccc(-c2c(Cl)cccc2-c2nc3ccccc3[nH]2)c(C(=O)O)c1. The Hall–Kier alpha value is -4.13. The maximum Gasteiger partial charge on any atom is 0.336 e. The molecule has 0 bridgehead atoms. The number of carboxylic acid groups (broad SMARTS) is 1. The highest BCUT2D eigenvalue weighted by Crippen LogP contribution is 2.42. The fraction of sp³-hybridized carbons (Fsp3) is 0.129. The molecule has 1 aromatic heterocycles. The van der Waals surface area contributed by atoms with Crippen LogP contribution < -0.4 is 5.32 Å². The number of imidazole rings is 1. The molecule has 1 fully saturated rings. The number of hydrogen-bond acceptors (Lipinski definition) is 3.